The lowest BCUT2D eigenvalue weighted by atomic mass is 10.00. The van der Waals surface area contributed by atoms with E-state index in [0.717, 1.165) is 18.2 Å². The molecule has 0 aliphatic rings. The van der Waals surface area contributed by atoms with Crippen LogP contribution in [0.4, 0.5) is 13.3 Å². The lowest BCUT2D eigenvalue weighted by Crippen LogP contribution is -2.21. The number of nitrogens with zero attached hydrogens (tertiary/aromatic N) is 3. The summed E-state index contributed by atoms with van der Waals surface area (Å²) in [5.41, 5.74) is -0.945. The van der Waals surface area contributed by atoms with Gasteiger partial charge >= 0.3 is 5.97 Å². The Kier molecular flexibility index (Phi) is 7.26. The molecule has 1 atom stereocenters. The van der Waals surface area contributed by atoms with E-state index in [-0.39, 0.29) is 27.4 Å². The highest BCUT2D eigenvalue weighted by molar-refractivity contribution is 7.84. The van der Waals surface area contributed by atoms with Crippen molar-refractivity contribution in [1.82, 2.24) is 14.5 Å². The Hall–Kier alpha value is -3.86. The largest absolute Gasteiger partial charge is 0.379 e. The van der Waals surface area contributed by atoms with Crippen LogP contribution >= 0.6 is 0 Å². The molecule has 0 aliphatic carbocycles. The number of aryl methyl sites for hydroxylation is 1. The second-order valence-electron chi connectivity index (χ2n) is 6.98. The van der Waals surface area contributed by atoms with Crippen molar-refractivity contribution >= 4 is 33.5 Å². The van der Waals surface area contributed by atoms with Gasteiger partial charge in [0.05, 0.1) is 22.1 Å². The molecule has 0 spiro atoms. The Morgan fingerprint density at radius 2 is 1.91 bits per heavy atom. The number of pyridine rings is 1. The zero-order valence-electron chi connectivity index (χ0n) is 18.3. The molecule has 176 valence electrons. The Balaban J connectivity index is 2.55. The Morgan fingerprint density at radius 3 is 2.50 bits per heavy atom. The minimum absolute atomic E-state index is 0.106. The third-order valence-electron chi connectivity index (χ3n) is 4.89. The Bertz CT molecular complexity index is 1480. The second kappa shape index (κ2) is 9.96. The van der Waals surface area contributed by atoms with Crippen molar-refractivity contribution in [3.63, 3.8) is 0 Å². The number of hydrogen-bond acceptors (Lipinski definition) is 6. The molecule has 0 N–H and O–H groups in total. The van der Waals surface area contributed by atoms with E-state index in [4.69, 9.17) is 0 Å². The highest BCUT2D eigenvalue weighted by Crippen LogP contribution is 2.32. The maximum atomic E-state index is 14.7. The molecular formula is C23H18F3N3O4S. The smallest absolute Gasteiger partial charge is 0.269 e. The number of rotatable bonds is 6. The summed E-state index contributed by atoms with van der Waals surface area (Å²) in [6.45, 7) is 6.28. The van der Waals surface area contributed by atoms with Gasteiger partial charge in [-0.25, -0.2) is 28.5 Å². The molecule has 1 unspecified atom stereocenters. The van der Waals surface area contributed by atoms with E-state index in [1.165, 1.54) is 37.4 Å². The summed E-state index contributed by atoms with van der Waals surface area (Å²) in [5.74, 6) is -3.44. The third kappa shape index (κ3) is 4.46. The molecule has 0 fully saturated rings. The van der Waals surface area contributed by atoms with Crippen LogP contribution in [0.5, 0.6) is 0 Å². The maximum absolute atomic E-state index is 14.7. The van der Waals surface area contributed by atoms with Crippen LogP contribution in [0.2, 0.25) is 0 Å². The molecule has 3 aromatic rings. The molecule has 3 rings (SSSR count). The molecule has 0 bridgehead atoms. The molecule has 7 nitrogen and oxygen atoms in total. The normalized spacial score (nSPS) is 13.4. The van der Waals surface area contributed by atoms with E-state index in [1.54, 1.807) is 6.92 Å². The molecule has 2 heterocycles. The number of hydrogen-bond donors (Lipinski definition) is 0. The van der Waals surface area contributed by atoms with E-state index in [0.29, 0.717) is 15.7 Å². The first-order chi connectivity index (χ1) is 16.1. The Labute approximate surface area is 194 Å². The van der Waals surface area contributed by atoms with Crippen molar-refractivity contribution in [2.45, 2.75) is 19.0 Å². The van der Waals surface area contributed by atoms with Crippen LogP contribution < -0.4 is 5.56 Å². The van der Waals surface area contributed by atoms with Gasteiger partial charge in [-0.15, -0.1) is 0 Å². The van der Waals surface area contributed by atoms with E-state index < -0.39 is 39.7 Å². The molecule has 0 aliphatic heterocycles. The number of carbonyl (C=O) groups excluding carboxylic acids is 1. The summed E-state index contributed by atoms with van der Waals surface area (Å²) in [7, 11) is -1.77. The minimum Gasteiger partial charge on any atom is -0.269 e. The van der Waals surface area contributed by atoms with Crippen LogP contribution in [0.25, 0.3) is 28.0 Å². The van der Waals surface area contributed by atoms with E-state index in [2.05, 4.69) is 21.5 Å². The van der Waals surface area contributed by atoms with Gasteiger partial charge in [0, 0.05) is 27.8 Å². The average Bonchev–Trinajstić information content (AvgIpc) is 2.84. The summed E-state index contributed by atoms with van der Waals surface area (Å²) in [6.07, 6.45) is 2.98. The van der Waals surface area contributed by atoms with Crippen molar-refractivity contribution in [3.05, 3.63) is 82.2 Å². The first-order valence-corrected chi connectivity index (χ1v) is 11.3. The Morgan fingerprint density at radius 1 is 1.21 bits per heavy atom. The van der Waals surface area contributed by atoms with Gasteiger partial charge in [-0.2, -0.15) is 0 Å². The van der Waals surface area contributed by atoms with Gasteiger partial charge in [-0.1, -0.05) is 12.6 Å². The summed E-state index contributed by atoms with van der Waals surface area (Å²) in [4.78, 5) is 36.3. The van der Waals surface area contributed by atoms with Gasteiger partial charge in [-0.3, -0.25) is 13.6 Å². The molecule has 2 aromatic heterocycles. The van der Waals surface area contributed by atoms with Crippen molar-refractivity contribution in [2.75, 3.05) is 6.26 Å². The summed E-state index contributed by atoms with van der Waals surface area (Å²) in [6, 6.07) is 6.54. The SMILES string of the molecule is C=C/C(F)=C(\C(F)=C/C)n1c(=O)ccc2c(-c3cc(C(=O)OF)ccc3C)nc(S(C)=O)nc21. The number of fused-ring (bicyclic) bond motifs is 1. The topological polar surface area (TPSA) is 91.1 Å². The zero-order valence-corrected chi connectivity index (χ0v) is 19.1. The highest BCUT2D eigenvalue weighted by Gasteiger charge is 2.22. The van der Waals surface area contributed by atoms with Crippen molar-refractivity contribution in [1.29, 1.82) is 0 Å². The molecule has 0 saturated carbocycles. The average molecular weight is 489 g/mol. The van der Waals surface area contributed by atoms with Crippen molar-refractivity contribution in [3.8, 4) is 11.3 Å². The number of benzene rings is 1. The molecule has 0 radical (unpaired) electrons. The molecule has 11 heteroatoms. The molecule has 0 saturated heterocycles. The fourth-order valence-electron chi connectivity index (χ4n) is 3.25. The van der Waals surface area contributed by atoms with E-state index in [9.17, 15) is 27.1 Å². The number of aromatic nitrogens is 3. The predicted octanol–water partition coefficient (Wildman–Crippen LogP) is 4.74. The van der Waals surface area contributed by atoms with Crippen molar-refractivity contribution < 1.29 is 27.3 Å². The maximum Gasteiger partial charge on any atom is 0.379 e. The van der Waals surface area contributed by atoms with E-state index >= 15 is 0 Å². The summed E-state index contributed by atoms with van der Waals surface area (Å²) >= 11 is 0. The minimum atomic E-state index is -1.77. The van der Waals surface area contributed by atoms with Gasteiger partial charge in [0.1, 0.15) is 17.4 Å². The van der Waals surface area contributed by atoms with E-state index in [1.807, 2.05) is 0 Å². The van der Waals surface area contributed by atoms with Crippen LogP contribution in [0.3, 0.4) is 0 Å². The monoisotopic (exact) mass is 489 g/mol. The lowest BCUT2D eigenvalue weighted by molar-refractivity contribution is -0.0787. The molecule has 34 heavy (non-hydrogen) atoms. The van der Waals surface area contributed by atoms with Crippen LogP contribution in [-0.4, -0.2) is 31.0 Å². The van der Waals surface area contributed by atoms with Crippen LogP contribution in [0, 0.1) is 6.92 Å². The van der Waals surface area contributed by atoms with Crippen molar-refractivity contribution in [2.24, 2.45) is 0 Å². The number of carbonyl (C=O) groups is 1. The quantitative estimate of drug-likeness (QED) is 0.367. The first kappa shape index (κ1) is 24.8. The van der Waals surface area contributed by atoms with Crippen LogP contribution in [0.15, 0.2) is 70.7 Å². The molecule has 1 aromatic carbocycles. The third-order valence-corrected chi connectivity index (χ3v) is 5.59. The van der Waals surface area contributed by atoms with Gasteiger partial charge in [0.15, 0.2) is 5.65 Å². The fraction of sp³-hybridized carbons (Fsp3) is 0.130. The van der Waals surface area contributed by atoms with Gasteiger partial charge in [0.2, 0.25) is 5.16 Å². The van der Waals surface area contributed by atoms with Crippen LogP contribution in [0.1, 0.15) is 22.8 Å². The number of allylic oxidation sites excluding steroid dienone is 5. The van der Waals surface area contributed by atoms with Gasteiger partial charge in [-0.05, 0) is 49.8 Å². The highest BCUT2D eigenvalue weighted by atomic mass is 32.2. The first-order valence-electron chi connectivity index (χ1n) is 9.70. The fourth-order valence-corrected chi connectivity index (χ4v) is 3.69. The standard InChI is InChI=1S/C23H18F3N3O4S/c1-5-16(24)20(17(25)6-2)29-18(30)10-9-14-19(27-23(34(4)32)28-21(14)29)15-11-13(22(31)33-26)8-7-12(15)3/h5-11H,1H2,2-4H3/b17-6+,20-16-. The molecule has 0 amide bonds. The van der Waals surface area contributed by atoms with Gasteiger partial charge < -0.3 is 0 Å². The van der Waals surface area contributed by atoms with Gasteiger partial charge in [0.25, 0.3) is 5.56 Å². The predicted molar refractivity (Wildman–Crippen MR) is 122 cm³/mol. The summed E-state index contributed by atoms with van der Waals surface area (Å²) < 4.78 is 54.9. The second-order valence-corrected chi connectivity index (χ2v) is 8.26. The van der Waals surface area contributed by atoms with Crippen LogP contribution in [-0.2, 0) is 15.7 Å². The number of halogens is 3. The molecular weight excluding hydrogens is 471 g/mol. The zero-order chi connectivity index (χ0) is 25.2. The lowest BCUT2D eigenvalue weighted by Gasteiger charge is -2.16. The summed E-state index contributed by atoms with van der Waals surface area (Å²) in [5, 5.41) is -0.0834.